The molecule has 14 heavy (non-hydrogen) atoms. The number of hydrogen-bond acceptors (Lipinski definition) is 3. The van der Waals surface area contributed by atoms with E-state index in [-0.39, 0.29) is 0 Å². The lowest BCUT2D eigenvalue weighted by Crippen LogP contribution is -2.42. The van der Waals surface area contributed by atoms with Crippen LogP contribution < -0.4 is 5.32 Å². The number of hydrogen-bond donors (Lipinski definition) is 2. The Morgan fingerprint density at radius 1 is 1.21 bits per heavy atom. The van der Waals surface area contributed by atoms with Crippen molar-refractivity contribution in [3.05, 3.63) is 0 Å². The molecule has 0 radical (unpaired) electrons. The Morgan fingerprint density at radius 2 is 1.93 bits per heavy atom. The van der Waals surface area contributed by atoms with E-state index in [9.17, 15) is 0 Å². The minimum absolute atomic E-state index is 0.292. The third-order valence-electron chi connectivity index (χ3n) is 3.13. The van der Waals surface area contributed by atoms with E-state index in [1.54, 1.807) is 0 Å². The van der Waals surface area contributed by atoms with Crippen LogP contribution in [0.25, 0.3) is 0 Å². The predicted molar refractivity (Wildman–Crippen MR) is 59.5 cm³/mol. The molecule has 1 fully saturated rings. The Balaban J connectivity index is 2.30. The minimum Gasteiger partial charge on any atom is -0.395 e. The number of nitrogens with zero attached hydrogens (tertiary/aromatic N) is 1. The van der Waals surface area contributed by atoms with Gasteiger partial charge in [0.2, 0.25) is 0 Å². The molecule has 84 valence electrons. The van der Waals surface area contributed by atoms with Crippen LogP contribution in [0.4, 0.5) is 0 Å². The molecule has 0 spiro atoms. The molecule has 1 aliphatic carbocycles. The van der Waals surface area contributed by atoms with E-state index < -0.39 is 0 Å². The second kappa shape index (κ2) is 7.21. The third kappa shape index (κ3) is 3.95. The molecule has 1 rings (SSSR count). The standard InChI is InChI=1S/C11H24N2O/c1-12-7-8-13(9-10-14)11-5-3-2-4-6-11/h11-12,14H,2-10H2,1H3. The fourth-order valence-electron chi connectivity index (χ4n) is 2.31. The summed E-state index contributed by atoms with van der Waals surface area (Å²) >= 11 is 0. The van der Waals surface area contributed by atoms with Gasteiger partial charge in [0, 0.05) is 25.7 Å². The molecule has 3 heteroatoms. The summed E-state index contributed by atoms with van der Waals surface area (Å²) in [5.41, 5.74) is 0. The van der Waals surface area contributed by atoms with Crippen molar-refractivity contribution in [2.24, 2.45) is 0 Å². The summed E-state index contributed by atoms with van der Waals surface area (Å²) in [6.45, 7) is 3.23. The molecule has 1 saturated carbocycles. The number of rotatable bonds is 6. The fourth-order valence-corrected chi connectivity index (χ4v) is 2.31. The maximum Gasteiger partial charge on any atom is 0.0558 e. The van der Waals surface area contributed by atoms with Crippen LogP contribution in [-0.4, -0.2) is 49.3 Å². The molecule has 0 saturated heterocycles. The van der Waals surface area contributed by atoms with Crippen LogP contribution in [0.15, 0.2) is 0 Å². The molecule has 1 aliphatic rings. The van der Waals surface area contributed by atoms with E-state index in [0.29, 0.717) is 6.61 Å². The van der Waals surface area contributed by atoms with Gasteiger partial charge in [-0.1, -0.05) is 19.3 Å². The van der Waals surface area contributed by atoms with E-state index in [0.717, 1.165) is 25.7 Å². The molecule has 0 atom stereocenters. The first-order chi connectivity index (χ1) is 6.88. The van der Waals surface area contributed by atoms with Gasteiger partial charge in [-0.15, -0.1) is 0 Å². The normalized spacial score (nSPS) is 19.1. The predicted octanol–water partition coefficient (Wildman–Crippen LogP) is 0.833. The van der Waals surface area contributed by atoms with Gasteiger partial charge in [-0.3, -0.25) is 4.90 Å². The number of likely N-dealkylation sites (N-methyl/N-ethyl adjacent to an activating group) is 1. The Morgan fingerprint density at radius 3 is 2.50 bits per heavy atom. The molecule has 0 aliphatic heterocycles. The summed E-state index contributed by atoms with van der Waals surface area (Å²) in [4.78, 5) is 2.44. The van der Waals surface area contributed by atoms with Crippen molar-refractivity contribution in [2.45, 2.75) is 38.1 Å². The molecule has 0 unspecified atom stereocenters. The number of aliphatic hydroxyl groups is 1. The van der Waals surface area contributed by atoms with E-state index >= 15 is 0 Å². The quantitative estimate of drug-likeness (QED) is 0.667. The Kier molecular flexibility index (Phi) is 6.15. The zero-order valence-electron chi connectivity index (χ0n) is 9.34. The van der Waals surface area contributed by atoms with Gasteiger partial charge in [-0.05, 0) is 19.9 Å². The lowest BCUT2D eigenvalue weighted by Gasteiger charge is -2.33. The van der Waals surface area contributed by atoms with Gasteiger partial charge in [-0.25, -0.2) is 0 Å². The van der Waals surface area contributed by atoms with Crippen LogP contribution in [0.2, 0.25) is 0 Å². The molecule has 0 aromatic rings. The van der Waals surface area contributed by atoms with E-state index in [1.165, 1.54) is 32.1 Å². The summed E-state index contributed by atoms with van der Waals surface area (Å²) in [6.07, 6.45) is 6.78. The summed E-state index contributed by atoms with van der Waals surface area (Å²) in [5.74, 6) is 0. The molecule has 0 aromatic carbocycles. The van der Waals surface area contributed by atoms with Crippen LogP contribution in [0.5, 0.6) is 0 Å². The SMILES string of the molecule is CNCCN(CCO)C1CCCCC1. The van der Waals surface area contributed by atoms with Crippen LogP contribution in [-0.2, 0) is 0 Å². The summed E-state index contributed by atoms with van der Waals surface area (Å²) in [6, 6.07) is 0.726. The Hall–Kier alpha value is -0.120. The van der Waals surface area contributed by atoms with Crippen LogP contribution in [0.1, 0.15) is 32.1 Å². The van der Waals surface area contributed by atoms with Crippen molar-refractivity contribution in [1.29, 1.82) is 0 Å². The monoisotopic (exact) mass is 200 g/mol. The molecule has 0 amide bonds. The average molecular weight is 200 g/mol. The Bertz CT molecular complexity index is 135. The van der Waals surface area contributed by atoms with Crippen LogP contribution >= 0.6 is 0 Å². The van der Waals surface area contributed by atoms with Crippen molar-refractivity contribution in [1.82, 2.24) is 10.2 Å². The fraction of sp³-hybridized carbons (Fsp3) is 1.00. The van der Waals surface area contributed by atoms with E-state index in [2.05, 4.69) is 10.2 Å². The minimum atomic E-state index is 0.292. The first-order valence-corrected chi connectivity index (χ1v) is 5.88. The lowest BCUT2D eigenvalue weighted by atomic mass is 9.94. The molecule has 0 bridgehead atoms. The first kappa shape index (κ1) is 12.0. The largest absolute Gasteiger partial charge is 0.395 e. The van der Waals surface area contributed by atoms with Gasteiger partial charge in [0.1, 0.15) is 0 Å². The van der Waals surface area contributed by atoms with Crippen LogP contribution in [0.3, 0.4) is 0 Å². The highest BCUT2D eigenvalue weighted by molar-refractivity contribution is 4.75. The van der Waals surface area contributed by atoms with Gasteiger partial charge in [0.05, 0.1) is 6.61 Å². The van der Waals surface area contributed by atoms with Gasteiger partial charge >= 0.3 is 0 Å². The third-order valence-corrected chi connectivity index (χ3v) is 3.13. The number of nitrogens with one attached hydrogen (secondary N) is 1. The highest BCUT2D eigenvalue weighted by atomic mass is 16.3. The average Bonchev–Trinajstić information content (AvgIpc) is 2.25. The summed E-state index contributed by atoms with van der Waals surface area (Å²) in [7, 11) is 1.98. The first-order valence-electron chi connectivity index (χ1n) is 5.88. The molecule has 3 nitrogen and oxygen atoms in total. The van der Waals surface area contributed by atoms with Crippen LogP contribution in [0, 0.1) is 0 Å². The van der Waals surface area contributed by atoms with Crippen molar-refractivity contribution in [2.75, 3.05) is 33.3 Å². The summed E-state index contributed by atoms with van der Waals surface area (Å²) < 4.78 is 0. The van der Waals surface area contributed by atoms with Crippen molar-refractivity contribution < 1.29 is 5.11 Å². The molecule has 0 aromatic heterocycles. The zero-order valence-corrected chi connectivity index (χ0v) is 9.34. The maximum atomic E-state index is 9.00. The Labute approximate surface area is 87.5 Å². The highest BCUT2D eigenvalue weighted by Gasteiger charge is 2.19. The van der Waals surface area contributed by atoms with E-state index in [1.807, 2.05) is 7.05 Å². The van der Waals surface area contributed by atoms with E-state index in [4.69, 9.17) is 5.11 Å². The molecule has 0 heterocycles. The van der Waals surface area contributed by atoms with Crippen molar-refractivity contribution >= 4 is 0 Å². The second-order valence-electron chi connectivity index (χ2n) is 4.15. The van der Waals surface area contributed by atoms with Gasteiger partial charge in [0.15, 0.2) is 0 Å². The number of aliphatic hydroxyl groups excluding tert-OH is 1. The molecule has 2 N–H and O–H groups in total. The van der Waals surface area contributed by atoms with Gasteiger partial charge in [0.25, 0.3) is 0 Å². The highest BCUT2D eigenvalue weighted by Crippen LogP contribution is 2.21. The van der Waals surface area contributed by atoms with Gasteiger partial charge in [-0.2, -0.15) is 0 Å². The molecular formula is C11H24N2O. The maximum absolute atomic E-state index is 9.00. The van der Waals surface area contributed by atoms with Crippen molar-refractivity contribution in [3.63, 3.8) is 0 Å². The van der Waals surface area contributed by atoms with Gasteiger partial charge < -0.3 is 10.4 Å². The smallest absolute Gasteiger partial charge is 0.0558 e. The summed E-state index contributed by atoms with van der Waals surface area (Å²) in [5, 5.41) is 12.2. The second-order valence-corrected chi connectivity index (χ2v) is 4.15. The topological polar surface area (TPSA) is 35.5 Å². The lowest BCUT2D eigenvalue weighted by molar-refractivity contribution is 0.125. The molecular weight excluding hydrogens is 176 g/mol. The zero-order chi connectivity index (χ0) is 10.2. The van der Waals surface area contributed by atoms with Crippen molar-refractivity contribution in [3.8, 4) is 0 Å².